The van der Waals surface area contributed by atoms with Gasteiger partial charge in [-0.1, -0.05) is 31.9 Å². The maximum Gasteiger partial charge on any atom is 0.0856 e. The Morgan fingerprint density at radius 2 is 2.00 bits per heavy atom. The summed E-state index contributed by atoms with van der Waals surface area (Å²) in [5.41, 5.74) is -0.442. The van der Waals surface area contributed by atoms with Crippen LogP contribution in [0.25, 0.3) is 0 Å². The van der Waals surface area contributed by atoms with Gasteiger partial charge in [-0.25, -0.2) is 0 Å². The van der Waals surface area contributed by atoms with E-state index in [9.17, 15) is 5.11 Å². The van der Waals surface area contributed by atoms with Gasteiger partial charge in [0.15, 0.2) is 0 Å². The molecule has 0 saturated heterocycles. The molecule has 0 aliphatic heterocycles. The van der Waals surface area contributed by atoms with Crippen LogP contribution in [0.3, 0.4) is 0 Å². The predicted octanol–water partition coefficient (Wildman–Crippen LogP) is 3.28. The molecule has 0 heterocycles. The summed E-state index contributed by atoms with van der Waals surface area (Å²) in [4.78, 5) is 0. The fourth-order valence-corrected chi connectivity index (χ4v) is 3.00. The molecule has 0 spiro atoms. The highest BCUT2D eigenvalue weighted by molar-refractivity contribution is 5.10. The van der Waals surface area contributed by atoms with Gasteiger partial charge in [-0.15, -0.1) is 0 Å². The first-order valence-electron chi connectivity index (χ1n) is 6.16. The smallest absolute Gasteiger partial charge is 0.0856 e. The Kier molecular flexibility index (Phi) is 2.96. The predicted molar refractivity (Wildman–Crippen MR) is 59.1 cm³/mol. The maximum absolute atomic E-state index is 10.5. The molecule has 2 aliphatic rings. The number of hydrogen-bond donors (Lipinski definition) is 1. The van der Waals surface area contributed by atoms with E-state index in [1.165, 1.54) is 38.5 Å². The second-order valence-electron chi connectivity index (χ2n) is 5.04. The van der Waals surface area contributed by atoms with Gasteiger partial charge in [-0.2, -0.15) is 0 Å². The van der Waals surface area contributed by atoms with Gasteiger partial charge in [0, 0.05) is 0 Å². The van der Waals surface area contributed by atoms with E-state index in [1.807, 2.05) is 0 Å². The second-order valence-corrected chi connectivity index (χ2v) is 5.04. The molecule has 0 aromatic rings. The molecular formula is C13H22O. The van der Waals surface area contributed by atoms with E-state index in [-0.39, 0.29) is 0 Å². The van der Waals surface area contributed by atoms with Gasteiger partial charge in [0.25, 0.3) is 0 Å². The molecule has 1 nitrogen and oxygen atoms in total. The number of aliphatic hydroxyl groups is 1. The van der Waals surface area contributed by atoms with Crippen molar-refractivity contribution >= 4 is 0 Å². The molecule has 80 valence electrons. The summed E-state index contributed by atoms with van der Waals surface area (Å²) in [6, 6.07) is 0. The lowest BCUT2D eigenvalue weighted by atomic mass is 9.76. The molecule has 1 heteroatoms. The number of rotatable bonds is 2. The Labute approximate surface area is 87.2 Å². The highest BCUT2D eigenvalue weighted by Gasteiger charge is 2.37. The SMILES string of the molecule is CCC1C=CC(O)(C2CCCC2)CC1. The third-order valence-corrected chi connectivity index (χ3v) is 4.16. The van der Waals surface area contributed by atoms with Gasteiger partial charge < -0.3 is 5.11 Å². The van der Waals surface area contributed by atoms with Crippen LogP contribution >= 0.6 is 0 Å². The normalized spacial score (nSPS) is 39.1. The molecule has 1 saturated carbocycles. The lowest BCUT2D eigenvalue weighted by molar-refractivity contribution is 0.0120. The average Bonchev–Trinajstić information content (AvgIpc) is 2.72. The summed E-state index contributed by atoms with van der Waals surface area (Å²) in [7, 11) is 0. The summed E-state index contributed by atoms with van der Waals surface area (Å²) in [6.45, 7) is 2.23. The molecule has 2 aliphatic carbocycles. The summed E-state index contributed by atoms with van der Waals surface area (Å²) in [5.74, 6) is 1.27. The van der Waals surface area contributed by atoms with Crippen LogP contribution in [0.1, 0.15) is 51.9 Å². The summed E-state index contributed by atoms with van der Waals surface area (Å²) < 4.78 is 0. The fraction of sp³-hybridized carbons (Fsp3) is 0.846. The number of hydrogen-bond acceptors (Lipinski definition) is 1. The quantitative estimate of drug-likeness (QED) is 0.669. The van der Waals surface area contributed by atoms with Crippen LogP contribution in [0, 0.1) is 11.8 Å². The first kappa shape index (κ1) is 10.2. The van der Waals surface area contributed by atoms with Crippen molar-refractivity contribution in [2.45, 2.75) is 57.5 Å². The topological polar surface area (TPSA) is 20.2 Å². The van der Waals surface area contributed by atoms with E-state index in [1.54, 1.807) is 0 Å². The third kappa shape index (κ3) is 1.88. The summed E-state index contributed by atoms with van der Waals surface area (Å²) >= 11 is 0. The summed E-state index contributed by atoms with van der Waals surface area (Å²) in [5, 5.41) is 10.5. The third-order valence-electron chi connectivity index (χ3n) is 4.16. The molecule has 0 bridgehead atoms. The van der Waals surface area contributed by atoms with E-state index in [0.29, 0.717) is 5.92 Å². The van der Waals surface area contributed by atoms with Gasteiger partial charge in [-0.05, 0) is 43.9 Å². The monoisotopic (exact) mass is 194 g/mol. The lowest BCUT2D eigenvalue weighted by Crippen LogP contribution is -2.37. The molecule has 0 aromatic carbocycles. The molecule has 14 heavy (non-hydrogen) atoms. The second kappa shape index (κ2) is 4.06. The Bertz CT molecular complexity index is 215. The van der Waals surface area contributed by atoms with Gasteiger partial charge in [-0.3, -0.25) is 0 Å². The van der Waals surface area contributed by atoms with Crippen LogP contribution in [0.5, 0.6) is 0 Å². The molecule has 0 aromatic heterocycles. The molecule has 2 rings (SSSR count). The molecule has 1 N–H and O–H groups in total. The van der Waals surface area contributed by atoms with Crippen LogP contribution in [0.2, 0.25) is 0 Å². The van der Waals surface area contributed by atoms with Crippen molar-refractivity contribution < 1.29 is 5.11 Å². The van der Waals surface area contributed by atoms with Crippen molar-refractivity contribution in [2.24, 2.45) is 11.8 Å². The highest BCUT2D eigenvalue weighted by Crippen LogP contribution is 2.41. The van der Waals surface area contributed by atoms with E-state index in [2.05, 4.69) is 19.1 Å². The van der Waals surface area contributed by atoms with E-state index in [0.717, 1.165) is 12.3 Å². The minimum absolute atomic E-state index is 0.442. The van der Waals surface area contributed by atoms with Crippen LogP contribution in [0.4, 0.5) is 0 Å². The zero-order valence-electron chi connectivity index (χ0n) is 9.21. The van der Waals surface area contributed by atoms with Crippen molar-refractivity contribution in [1.29, 1.82) is 0 Å². The molecule has 0 radical (unpaired) electrons. The molecule has 2 atom stereocenters. The fourth-order valence-electron chi connectivity index (χ4n) is 3.00. The Morgan fingerprint density at radius 1 is 1.29 bits per heavy atom. The van der Waals surface area contributed by atoms with Crippen molar-refractivity contribution in [1.82, 2.24) is 0 Å². The van der Waals surface area contributed by atoms with Crippen LogP contribution in [-0.2, 0) is 0 Å². The van der Waals surface area contributed by atoms with Crippen molar-refractivity contribution in [3.05, 3.63) is 12.2 Å². The Hall–Kier alpha value is -0.300. The van der Waals surface area contributed by atoms with Crippen molar-refractivity contribution in [2.75, 3.05) is 0 Å². The van der Waals surface area contributed by atoms with Gasteiger partial charge in [0.1, 0.15) is 0 Å². The molecular weight excluding hydrogens is 172 g/mol. The first-order chi connectivity index (χ1) is 6.74. The van der Waals surface area contributed by atoms with Crippen LogP contribution in [-0.4, -0.2) is 10.7 Å². The zero-order valence-corrected chi connectivity index (χ0v) is 9.21. The van der Waals surface area contributed by atoms with Crippen LogP contribution in [0.15, 0.2) is 12.2 Å². The number of allylic oxidation sites excluding steroid dienone is 1. The molecule has 1 fully saturated rings. The highest BCUT2D eigenvalue weighted by atomic mass is 16.3. The van der Waals surface area contributed by atoms with Gasteiger partial charge >= 0.3 is 0 Å². The minimum Gasteiger partial charge on any atom is -0.386 e. The molecule has 0 amide bonds. The maximum atomic E-state index is 10.5. The van der Waals surface area contributed by atoms with Crippen molar-refractivity contribution in [3.8, 4) is 0 Å². The van der Waals surface area contributed by atoms with Gasteiger partial charge in [0.2, 0.25) is 0 Å². The van der Waals surface area contributed by atoms with Crippen LogP contribution < -0.4 is 0 Å². The van der Waals surface area contributed by atoms with E-state index >= 15 is 0 Å². The lowest BCUT2D eigenvalue weighted by Gasteiger charge is -2.35. The van der Waals surface area contributed by atoms with Crippen molar-refractivity contribution in [3.63, 3.8) is 0 Å². The van der Waals surface area contributed by atoms with Gasteiger partial charge in [0.05, 0.1) is 5.60 Å². The zero-order chi connectivity index (χ0) is 10.0. The largest absolute Gasteiger partial charge is 0.386 e. The summed E-state index contributed by atoms with van der Waals surface area (Å²) in [6.07, 6.45) is 12.9. The standard InChI is InChI=1S/C13H22O/c1-2-11-7-9-13(14,10-8-11)12-5-3-4-6-12/h7,9,11-12,14H,2-6,8,10H2,1H3. The Balaban J connectivity index is 2.02. The Morgan fingerprint density at radius 3 is 2.50 bits per heavy atom. The minimum atomic E-state index is -0.442. The van der Waals surface area contributed by atoms with E-state index < -0.39 is 5.60 Å². The first-order valence-corrected chi connectivity index (χ1v) is 6.16. The average molecular weight is 194 g/mol. The molecule has 2 unspecified atom stereocenters. The van der Waals surface area contributed by atoms with E-state index in [4.69, 9.17) is 0 Å².